The van der Waals surface area contributed by atoms with E-state index in [-0.39, 0.29) is 6.61 Å². The molecule has 15 heavy (non-hydrogen) atoms. The molecule has 0 aromatic carbocycles. The predicted octanol–water partition coefficient (Wildman–Crippen LogP) is 1.89. The fourth-order valence-corrected chi connectivity index (χ4v) is 3.49. The maximum Gasteiger partial charge on any atom is 0.185 e. The van der Waals surface area contributed by atoms with Crippen molar-refractivity contribution in [1.29, 1.82) is 0 Å². The standard InChI is InChI=1S/C10H16N2OS2/c1-8-9(7-13)15-10(11-8)12-3-2-5-14-6-4-12/h13H,2-7H2,1H3. The van der Waals surface area contributed by atoms with Crippen LogP contribution in [0.1, 0.15) is 17.0 Å². The van der Waals surface area contributed by atoms with Crippen molar-refractivity contribution in [3.8, 4) is 0 Å². The van der Waals surface area contributed by atoms with Crippen molar-refractivity contribution in [2.24, 2.45) is 0 Å². The Labute approximate surface area is 98.5 Å². The van der Waals surface area contributed by atoms with Crippen LogP contribution in [0.2, 0.25) is 0 Å². The molecule has 0 saturated carbocycles. The fourth-order valence-electron chi connectivity index (χ4n) is 1.63. The Morgan fingerprint density at radius 3 is 3.00 bits per heavy atom. The summed E-state index contributed by atoms with van der Waals surface area (Å²) in [6.07, 6.45) is 1.23. The minimum absolute atomic E-state index is 0.117. The first-order valence-corrected chi connectivity index (χ1v) is 7.18. The SMILES string of the molecule is Cc1nc(N2CCCSCC2)sc1CO. The van der Waals surface area contributed by atoms with Crippen molar-refractivity contribution in [2.45, 2.75) is 20.0 Å². The lowest BCUT2D eigenvalue weighted by atomic mass is 10.4. The second-order valence-corrected chi connectivity index (χ2v) is 5.90. The maximum atomic E-state index is 9.13. The minimum Gasteiger partial charge on any atom is -0.391 e. The fraction of sp³-hybridized carbons (Fsp3) is 0.700. The maximum absolute atomic E-state index is 9.13. The van der Waals surface area contributed by atoms with Gasteiger partial charge in [0.25, 0.3) is 0 Å². The monoisotopic (exact) mass is 244 g/mol. The number of hydrogen-bond donors (Lipinski definition) is 1. The Morgan fingerprint density at radius 2 is 2.27 bits per heavy atom. The van der Waals surface area contributed by atoms with Gasteiger partial charge >= 0.3 is 0 Å². The van der Waals surface area contributed by atoms with Gasteiger partial charge in [0, 0.05) is 18.8 Å². The van der Waals surface area contributed by atoms with Gasteiger partial charge in [0.2, 0.25) is 0 Å². The number of hydrogen-bond acceptors (Lipinski definition) is 5. The summed E-state index contributed by atoms with van der Waals surface area (Å²) in [4.78, 5) is 7.87. The smallest absolute Gasteiger partial charge is 0.185 e. The highest BCUT2D eigenvalue weighted by atomic mass is 32.2. The number of rotatable bonds is 2. The zero-order chi connectivity index (χ0) is 10.7. The topological polar surface area (TPSA) is 36.4 Å². The molecule has 84 valence electrons. The summed E-state index contributed by atoms with van der Waals surface area (Å²) in [6, 6.07) is 0. The molecule has 0 amide bonds. The number of aliphatic hydroxyl groups is 1. The van der Waals surface area contributed by atoms with Crippen LogP contribution in [0, 0.1) is 6.92 Å². The molecular formula is C10H16N2OS2. The highest BCUT2D eigenvalue weighted by Crippen LogP contribution is 2.27. The molecule has 1 aliphatic rings. The van der Waals surface area contributed by atoms with Crippen LogP contribution in [0.4, 0.5) is 5.13 Å². The molecule has 0 unspecified atom stereocenters. The summed E-state index contributed by atoms with van der Waals surface area (Å²) in [7, 11) is 0. The van der Waals surface area contributed by atoms with Crippen molar-refractivity contribution in [3.63, 3.8) is 0 Å². The van der Waals surface area contributed by atoms with E-state index in [4.69, 9.17) is 5.11 Å². The lowest BCUT2D eigenvalue weighted by Gasteiger charge is -2.18. The molecule has 2 rings (SSSR count). The second-order valence-electron chi connectivity index (χ2n) is 3.62. The quantitative estimate of drug-likeness (QED) is 0.862. The highest BCUT2D eigenvalue weighted by molar-refractivity contribution is 7.99. The van der Waals surface area contributed by atoms with Gasteiger partial charge in [-0.1, -0.05) is 11.3 Å². The summed E-state index contributed by atoms with van der Waals surface area (Å²) in [6.45, 7) is 4.28. The number of aliphatic hydroxyl groups excluding tert-OH is 1. The number of aromatic nitrogens is 1. The zero-order valence-corrected chi connectivity index (χ0v) is 10.5. The van der Waals surface area contributed by atoms with Gasteiger partial charge in [0.1, 0.15) is 0 Å². The number of nitrogens with zero attached hydrogens (tertiary/aromatic N) is 2. The molecule has 1 aromatic heterocycles. The number of anilines is 1. The molecule has 0 bridgehead atoms. The van der Waals surface area contributed by atoms with E-state index >= 15 is 0 Å². The van der Waals surface area contributed by atoms with E-state index in [1.807, 2.05) is 18.7 Å². The van der Waals surface area contributed by atoms with Crippen LogP contribution in [0.25, 0.3) is 0 Å². The van der Waals surface area contributed by atoms with Gasteiger partial charge in [-0.05, 0) is 19.1 Å². The summed E-state index contributed by atoms with van der Waals surface area (Å²) < 4.78 is 0. The molecule has 0 radical (unpaired) electrons. The van der Waals surface area contributed by atoms with Gasteiger partial charge in [0.05, 0.1) is 17.2 Å². The number of thioether (sulfide) groups is 1. The lowest BCUT2D eigenvalue weighted by molar-refractivity contribution is 0.284. The molecule has 3 nitrogen and oxygen atoms in total. The molecule has 2 heterocycles. The van der Waals surface area contributed by atoms with Crippen LogP contribution in [0.15, 0.2) is 0 Å². The molecule has 5 heteroatoms. The van der Waals surface area contributed by atoms with Crippen molar-refractivity contribution in [3.05, 3.63) is 10.6 Å². The van der Waals surface area contributed by atoms with E-state index < -0.39 is 0 Å². The van der Waals surface area contributed by atoms with E-state index in [2.05, 4.69) is 9.88 Å². The Hall–Kier alpha value is -0.260. The van der Waals surface area contributed by atoms with E-state index in [9.17, 15) is 0 Å². The van der Waals surface area contributed by atoms with Crippen molar-refractivity contribution < 1.29 is 5.11 Å². The van der Waals surface area contributed by atoms with Gasteiger partial charge in [-0.15, -0.1) is 0 Å². The Balaban J connectivity index is 2.12. The predicted molar refractivity (Wildman–Crippen MR) is 66.9 cm³/mol. The first-order valence-electron chi connectivity index (χ1n) is 5.21. The summed E-state index contributed by atoms with van der Waals surface area (Å²) in [5.74, 6) is 2.45. The zero-order valence-electron chi connectivity index (χ0n) is 8.90. The van der Waals surface area contributed by atoms with E-state index in [0.29, 0.717) is 0 Å². The van der Waals surface area contributed by atoms with Crippen LogP contribution in [-0.4, -0.2) is 34.7 Å². The Morgan fingerprint density at radius 1 is 1.40 bits per heavy atom. The third-order valence-corrected chi connectivity index (χ3v) is 4.77. The normalized spacial score (nSPS) is 17.9. The average molecular weight is 244 g/mol. The number of thiazole rings is 1. The number of aryl methyl sites for hydroxylation is 1. The van der Waals surface area contributed by atoms with Gasteiger partial charge in [-0.3, -0.25) is 0 Å². The van der Waals surface area contributed by atoms with Crippen LogP contribution < -0.4 is 4.90 Å². The Bertz CT molecular complexity index is 319. The second kappa shape index (κ2) is 5.18. The Kier molecular flexibility index (Phi) is 3.88. The van der Waals surface area contributed by atoms with Crippen LogP contribution in [-0.2, 0) is 6.61 Å². The van der Waals surface area contributed by atoms with E-state index in [0.717, 1.165) is 28.8 Å². The van der Waals surface area contributed by atoms with Crippen molar-refractivity contribution >= 4 is 28.2 Å². The molecule has 1 fully saturated rings. The summed E-state index contributed by atoms with van der Waals surface area (Å²) in [5, 5.41) is 10.2. The van der Waals surface area contributed by atoms with Gasteiger partial charge in [-0.2, -0.15) is 11.8 Å². The molecule has 0 spiro atoms. The van der Waals surface area contributed by atoms with Crippen LogP contribution in [0.3, 0.4) is 0 Å². The summed E-state index contributed by atoms with van der Waals surface area (Å²) in [5.41, 5.74) is 0.981. The molecule has 1 N–H and O–H groups in total. The first-order chi connectivity index (χ1) is 7.31. The first kappa shape index (κ1) is 11.2. The van der Waals surface area contributed by atoms with Gasteiger partial charge in [0.15, 0.2) is 5.13 Å². The van der Waals surface area contributed by atoms with Crippen LogP contribution in [0.5, 0.6) is 0 Å². The molecule has 1 saturated heterocycles. The van der Waals surface area contributed by atoms with Gasteiger partial charge in [-0.25, -0.2) is 4.98 Å². The molecular weight excluding hydrogens is 228 g/mol. The third-order valence-electron chi connectivity index (χ3n) is 2.52. The minimum atomic E-state index is 0.117. The largest absolute Gasteiger partial charge is 0.391 e. The van der Waals surface area contributed by atoms with E-state index in [1.54, 1.807) is 11.3 Å². The van der Waals surface area contributed by atoms with Crippen molar-refractivity contribution in [2.75, 3.05) is 29.5 Å². The molecule has 0 aliphatic carbocycles. The molecule has 1 aliphatic heterocycles. The molecule has 1 aromatic rings. The summed E-state index contributed by atoms with van der Waals surface area (Å²) >= 11 is 3.65. The van der Waals surface area contributed by atoms with Crippen molar-refractivity contribution in [1.82, 2.24) is 4.98 Å². The lowest BCUT2D eigenvalue weighted by Crippen LogP contribution is -2.25. The third kappa shape index (κ3) is 2.65. The van der Waals surface area contributed by atoms with Gasteiger partial charge < -0.3 is 10.0 Å². The van der Waals surface area contributed by atoms with E-state index in [1.165, 1.54) is 17.9 Å². The molecule has 0 atom stereocenters. The van der Waals surface area contributed by atoms with Crippen LogP contribution >= 0.6 is 23.1 Å². The highest BCUT2D eigenvalue weighted by Gasteiger charge is 2.15. The average Bonchev–Trinajstić information content (AvgIpc) is 2.48.